The fraction of sp³-hybridized carbons (Fsp3) is 0.650. The van der Waals surface area contributed by atoms with Crippen molar-refractivity contribution in [2.45, 2.75) is 38.1 Å². The lowest BCUT2D eigenvalue weighted by atomic mass is 9.91. The highest BCUT2D eigenvalue weighted by atomic mass is 35.5. The number of piperidine rings is 1. The fourth-order valence-electron chi connectivity index (χ4n) is 4.39. The molecule has 2 heterocycles. The molecule has 0 spiro atoms. The van der Waals surface area contributed by atoms with Crippen LogP contribution in [-0.4, -0.2) is 73.7 Å². The second-order valence-electron chi connectivity index (χ2n) is 8.24. The van der Waals surface area contributed by atoms with Crippen LogP contribution in [0.2, 0.25) is 5.02 Å². The first kappa shape index (κ1) is 21.6. The fourth-order valence-corrected chi connectivity index (χ4v) is 6.30. The van der Waals surface area contributed by atoms with Crippen molar-refractivity contribution in [3.05, 3.63) is 29.3 Å². The molecule has 2 aliphatic rings. The molecule has 1 aromatic rings. The Morgan fingerprint density at radius 1 is 1.07 bits per heavy atom. The first-order valence-electron chi connectivity index (χ1n) is 9.97. The van der Waals surface area contributed by atoms with Crippen molar-refractivity contribution in [3.8, 4) is 0 Å². The molecule has 2 saturated heterocycles. The molecule has 2 fully saturated rings. The number of rotatable bonds is 4. The van der Waals surface area contributed by atoms with Crippen LogP contribution in [0.15, 0.2) is 29.2 Å². The summed E-state index contributed by atoms with van der Waals surface area (Å²) in [6, 6.07) is 6.29. The second-order valence-corrected chi connectivity index (χ2v) is 10.5. The van der Waals surface area contributed by atoms with Gasteiger partial charge in [-0.15, -0.1) is 0 Å². The van der Waals surface area contributed by atoms with E-state index in [1.807, 2.05) is 11.8 Å². The van der Waals surface area contributed by atoms with E-state index in [1.165, 1.54) is 10.4 Å². The van der Waals surface area contributed by atoms with Crippen molar-refractivity contribution in [3.63, 3.8) is 0 Å². The number of halogens is 1. The summed E-state index contributed by atoms with van der Waals surface area (Å²) in [4.78, 5) is 17.2. The van der Waals surface area contributed by atoms with Gasteiger partial charge in [-0.05, 0) is 37.3 Å². The van der Waals surface area contributed by atoms with E-state index >= 15 is 0 Å². The zero-order chi connectivity index (χ0) is 20.5. The minimum absolute atomic E-state index is 0.144. The number of sulfonamides is 1. The first-order valence-corrected chi connectivity index (χ1v) is 11.8. The molecule has 156 valence electrons. The number of likely N-dealkylation sites (tertiary alicyclic amines) is 1. The van der Waals surface area contributed by atoms with Gasteiger partial charge in [0.2, 0.25) is 15.9 Å². The predicted octanol–water partition coefficient (Wildman–Crippen LogP) is 2.54. The summed E-state index contributed by atoms with van der Waals surface area (Å²) in [7, 11) is -3.62. The van der Waals surface area contributed by atoms with Gasteiger partial charge in [-0.2, -0.15) is 4.31 Å². The lowest BCUT2D eigenvalue weighted by molar-refractivity contribution is -0.139. The highest BCUT2D eigenvalue weighted by Gasteiger charge is 2.35. The third-order valence-corrected chi connectivity index (χ3v) is 8.21. The van der Waals surface area contributed by atoms with E-state index in [4.69, 9.17) is 11.6 Å². The summed E-state index contributed by atoms with van der Waals surface area (Å²) in [5.74, 6) is 1.20. The predicted molar refractivity (Wildman–Crippen MR) is 111 cm³/mol. The van der Waals surface area contributed by atoms with Crippen molar-refractivity contribution < 1.29 is 13.2 Å². The minimum Gasteiger partial charge on any atom is -0.341 e. The Hall–Kier alpha value is -1.15. The van der Waals surface area contributed by atoms with Crippen molar-refractivity contribution in [2.24, 2.45) is 11.8 Å². The van der Waals surface area contributed by atoms with Gasteiger partial charge < -0.3 is 4.90 Å². The second kappa shape index (κ2) is 8.69. The summed E-state index contributed by atoms with van der Waals surface area (Å²) < 4.78 is 27.2. The number of hydrogen-bond donors (Lipinski definition) is 0. The van der Waals surface area contributed by atoms with Crippen molar-refractivity contribution in [1.82, 2.24) is 14.1 Å². The van der Waals surface area contributed by atoms with Gasteiger partial charge >= 0.3 is 0 Å². The van der Waals surface area contributed by atoms with E-state index in [2.05, 4.69) is 18.7 Å². The van der Waals surface area contributed by atoms with Gasteiger partial charge in [-0.3, -0.25) is 9.69 Å². The number of nitrogens with zero attached hydrogens (tertiary/aromatic N) is 3. The molecule has 28 heavy (non-hydrogen) atoms. The standard InChI is InChI=1S/C20H30ClN3O3S/c1-15-12-16(2)14-23(13-15)20(25)17(3)22-8-10-24(11-9-22)28(26,27)19-7-5-4-6-18(19)21/h4-7,15-17H,8-14H2,1-3H3/t15-,16-,17-/m1/s1. The van der Waals surface area contributed by atoms with Crippen LogP contribution in [0.5, 0.6) is 0 Å². The van der Waals surface area contributed by atoms with Crippen LogP contribution in [0.4, 0.5) is 0 Å². The molecule has 8 heteroatoms. The largest absolute Gasteiger partial charge is 0.341 e. The summed E-state index contributed by atoms with van der Waals surface area (Å²) in [6.45, 7) is 9.74. The molecule has 1 aromatic carbocycles. The van der Waals surface area contributed by atoms with Crippen LogP contribution in [0.1, 0.15) is 27.2 Å². The number of piperazine rings is 1. The zero-order valence-corrected chi connectivity index (χ0v) is 18.4. The number of benzene rings is 1. The van der Waals surface area contributed by atoms with E-state index in [0.29, 0.717) is 38.0 Å². The van der Waals surface area contributed by atoms with Crippen molar-refractivity contribution in [2.75, 3.05) is 39.3 Å². The zero-order valence-electron chi connectivity index (χ0n) is 16.8. The lowest BCUT2D eigenvalue weighted by Gasteiger charge is -2.41. The molecule has 0 aromatic heterocycles. The number of carbonyl (C=O) groups is 1. The Balaban J connectivity index is 1.62. The molecule has 0 unspecified atom stereocenters. The number of carbonyl (C=O) groups excluding carboxylic acids is 1. The van der Waals surface area contributed by atoms with E-state index in [9.17, 15) is 13.2 Å². The van der Waals surface area contributed by atoms with Gasteiger partial charge in [0.25, 0.3) is 0 Å². The molecule has 1 amide bonds. The van der Waals surface area contributed by atoms with Gasteiger partial charge in [0, 0.05) is 39.3 Å². The Bertz CT molecular complexity index is 799. The molecule has 3 atom stereocenters. The Kier molecular flexibility index (Phi) is 6.69. The molecule has 2 aliphatic heterocycles. The molecule has 0 aliphatic carbocycles. The lowest BCUT2D eigenvalue weighted by Crippen LogP contribution is -2.56. The molecule has 0 radical (unpaired) electrons. The molecule has 3 rings (SSSR count). The summed E-state index contributed by atoms with van der Waals surface area (Å²) in [5, 5.41) is 0.238. The van der Waals surface area contributed by atoms with Crippen molar-refractivity contribution in [1.29, 1.82) is 0 Å². The Labute approximate surface area is 173 Å². The highest BCUT2D eigenvalue weighted by molar-refractivity contribution is 7.89. The van der Waals surface area contributed by atoms with Crippen LogP contribution in [0.3, 0.4) is 0 Å². The van der Waals surface area contributed by atoms with Gasteiger partial charge in [0.05, 0.1) is 11.1 Å². The number of amides is 1. The van der Waals surface area contributed by atoms with Crippen LogP contribution in [-0.2, 0) is 14.8 Å². The minimum atomic E-state index is -3.62. The summed E-state index contributed by atoms with van der Waals surface area (Å²) >= 11 is 6.09. The molecule has 0 N–H and O–H groups in total. The molecule has 0 bridgehead atoms. The van der Waals surface area contributed by atoms with Crippen molar-refractivity contribution >= 4 is 27.5 Å². The monoisotopic (exact) mass is 427 g/mol. The Morgan fingerprint density at radius 3 is 2.21 bits per heavy atom. The van der Waals surface area contributed by atoms with E-state index in [1.54, 1.807) is 18.2 Å². The molecule has 6 nitrogen and oxygen atoms in total. The third kappa shape index (κ3) is 4.53. The summed E-state index contributed by atoms with van der Waals surface area (Å²) in [6.07, 6.45) is 1.16. The quantitative estimate of drug-likeness (QED) is 0.740. The normalized spacial score (nSPS) is 26.2. The van der Waals surface area contributed by atoms with Gasteiger partial charge in [0.15, 0.2) is 0 Å². The average Bonchev–Trinajstić information content (AvgIpc) is 2.66. The van der Waals surface area contributed by atoms with Gasteiger partial charge in [0.1, 0.15) is 4.90 Å². The smallest absolute Gasteiger partial charge is 0.244 e. The topological polar surface area (TPSA) is 60.9 Å². The first-order chi connectivity index (χ1) is 13.2. The average molecular weight is 428 g/mol. The molecule has 0 saturated carbocycles. The maximum absolute atomic E-state index is 13.0. The van der Waals surface area contributed by atoms with Gasteiger partial charge in [-0.1, -0.05) is 37.6 Å². The maximum atomic E-state index is 13.0. The van der Waals surface area contributed by atoms with Crippen LogP contribution in [0.25, 0.3) is 0 Å². The third-order valence-electron chi connectivity index (χ3n) is 5.81. The SMILES string of the molecule is C[C@@H]1C[C@@H](C)CN(C(=O)[C@@H](C)N2CCN(S(=O)(=O)c3ccccc3Cl)CC2)C1. The van der Waals surface area contributed by atoms with E-state index in [0.717, 1.165) is 19.5 Å². The highest BCUT2D eigenvalue weighted by Crippen LogP contribution is 2.26. The van der Waals surface area contributed by atoms with E-state index in [-0.39, 0.29) is 21.9 Å². The summed E-state index contributed by atoms with van der Waals surface area (Å²) in [5.41, 5.74) is 0. The Morgan fingerprint density at radius 2 is 1.64 bits per heavy atom. The number of hydrogen-bond acceptors (Lipinski definition) is 4. The molecular weight excluding hydrogens is 398 g/mol. The van der Waals surface area contributed by atoms with Crippen LogP contribution < -0.4 is 0 Å². The van der Waals surface area contributed by atoms with Crippen LogP contribution >= 0.6 is 11.6 Å². The van der Waals surface area contributed by atoms with E-state index < -0.39 is 10.0 Å². The molecular formula is C20H30ClN3O3S. The van der Waals surface area contributed by atoms with Crippen LogP contribution in [0, 0.1) is 11.8 Å². The maximum Gasteiger partial charge on any atom is 0.244 e. The van der Waals surface area contributed by atoms with Gasteiger partial charge in [-0.25, -0.2) is 8.42 Å².